The molecule has 0 unspecified atom stereocenters. The van der Waals surface area contributed by atoms with Gasteiger partial charge in [-0.25, -0.2) is 14.1 Å². The number of carbonyl (C=O) groups excluding carboxylic acids is 2. The van der Waals surface area contributed by atoms with Gasteiger partial charge in [-0.15, -0.1) is 0 Å². The van der Waals surface area contributed by atoms with Gasteiger partial charge in [0.25, 0.3) is 11.8 Å². The van der Waals surface area contributed by atoms with E-state index in [1.54, 1.807) is 0 Å². The highest BCUT2D eigenvalue weighted by Gasteiger charge is 2.75. The maximum absolute atomic E-state index is 14.5. The zero-order valence-electron chi connectivity index (χ0n) is 22.7. The number of nitrogens with one attached hydrogen (secondary N) is 2. The van der Waals surface area contributed by atoms with E-state index in [0.29, 0.717) is 17.3 Å². The smallest absolute Gasteiger partial charge is 0.352 e. The summed E-state index contributed by atoms with van der Waals surface area (Å²) in [7, 11) is 0. The van der Waals surface area contributed by atoms with Crippen molar-refractivity contribution in [2.24, 2.45) is 5.92 Å². The molecule has 0 spiro atoms. The van der Waals surface area contributed by atoms with E-state index in [-0.39, 0.29) is 49.7 Å². The normalized spacial score (nSPS) is 14.0. The maximum Gasteiger partial charge on any atom is 0.437 e. The van der Waals surface area contributed by atoms with E-state index in [0.717, 1.165) is 23.6 Å². The number of anilines is 1. The van der Waals surface area contributed by atoms with Crippen LogP contribution in [0.3, 0.4) is 0 Å². The quantitative estimate of drug-likeness (QED) is 0.190. The predicted molar refractivity (Wildman–Crippen MR) is 150 cm³/mol. The average molecular weight is 714 g/mol. The average Bonchev–Trinajstić information content (AvgIpc) is 3.52. The van der Waals surface area contributed by atoms with Crippen molar-refractivity contribution < 1.29 is 40.3 Å². The van der Waals surface area contributed by atoms with Gasteiger partial charge in [0, 0.05) is 17.8 Å². The number of nitrogens with zero attached hydrogens (tertiary/aromatic N) is 6. The van der Waals surface area contributed by atoms with Crippen LogP contribution in [0, 0.1) is 5.92 Å². The molecule has 4 aromatic rings. The number of hydrogen-bond donors (Lipinski definition) is 2. The lowest BCUT2D eigenvalue weighted by molar-refractivity contribution is -0.350. The SMILES string of the molecule is O=C(NCC1CC1)c1cc(Cl)cc(Cl)c1NC(=O)c1cc(Cn2ncc(C(F)(C(F)(F)F)C(F)(F)F)n2)nn1-c1ncccc1Cl. The zero-order valence-corrected chi connectivity index (χ0v) is 25.0. The standard InChI is InChI=1S/C26H18Cl3F7N8O2/c27-13-6-15(22(45)38-9-12-3-4-12)20(17(29)7-13)40-23(46)18-8-14(41-44(18)21-16(28)2-1-5-37-21)11-43-39-10-19(42-43)24(30,25(31,32)33)26(34,35)36/h1-2,5-8,10,12H,3-4,9,11H2,(H,38,45)(H,40,46). The molecule has 0 saturated heterocycles. The molecule has 10 nitrogen and oxygen atoms in total. The number of halogens is 10. The molecule has 3 aromatic heterocycles. The van der Waals surface area contributed by atoms with Crippen molar-refractivity contribution >= 4 is 52.3 Å². The summed E-state index contributed by atoms with van der Waals surface area (Å²) in [5.41, 5.74) is -8.55. The molecule has 1 saturated carbocycles. The zero-order chi connectivity index (χ0) is 33.6. The Bertz CT molecular complexity index is 1790. The molecule has 0 aliphatic heterocycles. The number of rotatable bonds is 9. The number of hydrogen-bond acceptors (Lipinski definition) is 6. The summed E-state index contributed by atoms with van der Waals surface area (Å²) in [5.74, 6) is -1.28. The highest BCUT2D eigenvalue weighted by atomic mass is 35.5. The van der Waals surface area contributed by atoms with Crippen LogP contribution in [-0.2, 0) is 12.2 Å². The van der Waals surface area contributed by atoms with Crippen molar-refractivity contribution in [3.8, 4) is 5.82 Å². The van der Waals surface area contributed by atoms with Crippen molar-refractivity contribution in [3.63, 3.8) is 0 Å². The van der Waals surface area contributed by atoms with E-state index in [9.17, 15) is 40.3 Å². The van der Waals surface area contributed by atoms with E-state index in [4.69, 9.17) is 34.8 Å². The fraction of sp³-hybridized carbons (Fsp3) is 0.308. The van der Waals surface area contributed by atoms with Crippen LogP contribution in [0.2, 0.25) is 15.1 Å². The van der Waals surface area contributed by atoms with Crippen molar-refractivity contribution in [3.05, 3.63) is 80.4 Å². The first kappa shape index (κ1) is 33.4. The lowest BCUT2D eigenvalue weighted by atomic mass is 10.0. The molecule has 1 fully saturated rings. The van der Waals surface area contributed by atoms with Gasteiger partial charge < -0.3 is 10.6 Å². The number of benzene rings is 1. The Morgan fingerprint density at radius 2 is 1.63 bits per heavy atom. The molecule has 20 heteroatoms. The third kappa shape index (κ3) is 6.62. The molecule has 244 valence electrons. The molecular weight excluding hydrogens is 696 g/mol. The highest BCUT2D eigenvalue weighted by Crippen LogP contribution is 2.52. The van der Waals surface area contributed by atoms with Gasteiger partial charge in [0.1, 0.15) is 17.9 Å². The minimum absolute atomic E-state index is 0.00654. The van der Waals surface area contributed by atoms with Crippen LogP contribution in [0.4, 0.5) is 36.4 Å². The van der Waals surface area contributed by atoms with Crippen molar-refractivity contribution in [1.29, 1.82) is 0 Å². The topological polar surface area (TPSA) is 120 Å². The van der Waals surface area contributed by atoms with Crippen LogP contribution in [0.5, 0.6) is 0 Å². The van der Waals surface area contributed by atoms with Gasteiger partial charge in [-0.3, -0.25) is 9.59 Å². The molecule has 0 bridgehead atoms. The molecular formula is C26H18Cl3F7N8O2. The molecule has 1 aliphatic rings. The van der Waals surface area contributed by atoms with Crippen LogP contribution in [0.15, 0.2) is 42.7 Å². The van der Waals surface area contributed by atoms with Gasteiger partial charge in [-0.1, -0.05) is 34.8 Å². The molecule has 0 radical (unpaired) electrons. The molecule has 1 aliphatic carbocycles. The Morgan fingerprint density at radius 3 is 2.26 bits per heavy atom. The summed E-state index contributed by atoms with van der Waals surface area (Å²) in [6.45, 7) is -0.330. The van der Waals surface area contributed by atoms with E-state index >= 15 is 0 Å². The Morgan fingerprint density at radius 1 is 0.935 bits per heavy atom. The second kappa shape index (κ2) is 12.3. The summed E-state index contributed by atoms with van der Waals surface area (Å²) in [5, 5.41) is 15.8. The maximum atomic E-state index is 14.5. The molecule has 0 atom stereocenters. The third-order valence-electron chi connectivity index (χ3n) is 6.69. The van der Waals surface area contributed by atoms with E-state index in [1.165, 1.54) is 30.5 Å². The van der Waals surface area contributed by atoms with Crippen LogP contribution in [0.25, 0.3) is 5.82 Å². The van der Waals surface area contributed by atoms with Gasteiger partial charge in [-0.2, -0.15) is 46.4 Å². The Hall–Kier alpha value is -3.96. The largest absolute Gasteiger partial charge is 0.437 e. The molecule has 2 N–H and O–H groups in total. The number of pyridine rings is 1. The predicted octanol–water partition coefficient (Wildman–Crippen LogP) is 6.55. The Balaban J connectivity index is 1.50. The minimum atomic E-state index is -6.40. The summed E-state index contributed by atoms with van der Waals surface area (Å²) in [6, 6.07) is 6.52. The summed E-state index contributed by atoms with van der Waals surface area (Å²) < 4.78 is 94.5. The summed E-state index contributed by atoms with van der Waals surface area (Å²) >= 11 is 18.7. The van der Waals surface area contributed by atoms with E-state index < -0.39 is 42.1 Å². The molecule has 2 amide bonds. The first-order valence-corrected chi connectivity index (χ1v) is 14.1. The second-order valence-corrected chi connectivity index (χ2v) is 11.3. The van der Waals surface area contributed by atoms with Gasteiger partial charge in [0.05, 0.1) is 33.2 Å². The van der Waals surface area contributed by atoms with Gasteiger partial charge >= 0.3 is 18.0 Å². The Labute approximate surface area is 268 Å². The van der Waals surface area contributed by atoms with E-state index in [2.05, 4.69) is 30.9 Å². The number of amides is 2. The fourth-order valence-electron chi connectivity index (χ4n) is 4.20. The molecule has 1 aromatic carbocycles. The highest BCUT2D eigenvalue weighted by molar-refractivity contribution is 6.38. The summed E-state index contributed by atoms with van der Waals surface area (Å²) in [4.78, 5) is 31.0. The lowest BCUT2D eigenvalue weighted by Gasteiger charge is -2.27. The van der Waals surface area contributed by atoms with Crippen LogP contribution in [0.1, 0.15) is 45.1 Å². The van der Waals surface area contributed by atoms with Gasteiger partial charge in [-0.05, 0) is 49.1 Å². The third-order valence-corrected chi connectivity index (χ3v) is 7.50. The monoisotopic (exact) mass is 712 g/mol. The second-order valence-electron chi connectivity index (χ2n) is 10.1. The van der Waals surface area contributed by atoms with Crippen LogP contribution in [-0.4, -0.2) is 60.5 Å². The first-order chi connectivity index (χ1) is 21.5. The lowest BCUT2D eigenvalue weighted by Crippen LogP contribution is -2.50. The molecule has 3 heterocycles. The molecule has 46 heavy (non-hydrogen) atoms. The summed E-state index contributed by atoms with van der Waals surface area (Å²) in [6.07, 6.45) is -9.59. The Kier molecular flexibility index (Phi) is 8.96. The minimum Gasteiger partial charge on any atom is -0.352 e. The number of alkyl halides is 7. The van der Waals surface area contributed by atoms with E-state index in [1.807, 2.05) is 0 Å². The first-order valence-electron chi connectivity index (χ1n) is 13.0. The van der Waals surface area contributed by atoms with Crippen molar-refractivity contribution in [2.75, 3.05) is 11.9 Å². The molecule has 5 rings (SSSR count). The van der Waals surface area contributed by atoms with Crippen molar-refractivity contribution in [2.45, 2.75) is 37.4 Å². The van der Waals surface area contributed by atoms with Gasteiger partial charge in [0.2, 0.25) is 0 Å². The van der Waals surface area contributed by atoms with Crippen LogP contribution >= 0.6 is 34.8 Å². The number of aromatic nitrogens is 6. The van der Waals surface area contributed by atoms with Gasteiger partial charge in [0.15, 0.2) is 5.82 Å². The fourth-order valence-corrected chi connectivity index (χ4v) is 4.94. The number of carbonyl (C=O) groups is 2. The van der Waals surface area contributed by atoms with Crippen LogP contribution < -0.4 is 10.6 Å². The van der Waals surface area contributed by atoms with Crippen molar-refractivity contribution in [1.82, 2.24) is 35.1 Å².